The number of nitrogens with zero attached hydrogens (tertiary/aromatic N) is 3. The molecule has 0 saturated heterocycles. The summed E-state index contributed by atoms with van der Waals surface area (Å²) in [7, 11) is 1.90. The van der Waals surface area contributed by atoms with E-state index >= 15 is 0 Å². The molecule has 0 bridgehead atoms. The number of aromatic nitrogens is 3. The molecule has 0 aliphatic carbocycles. The van der Waals surface area contributed by atoms with E-state index in [2.05, 4.69) is 22.3 Å². The summed E-state index contributed by atoms with van der Waals surface area (Å²) in [6.45, 7) is 3.09. The van der Waals surface area contributed by atoms with Crippen molar-refractivity contribution in [3.05, 3.63) is 30.7 Å². The third-order valence-corrected chi connectivity index (χ3v) is 2.43. The zero-order valence-electron chi connectivity index (χ0n) is 9.64. The molecule has 0 aromatic carbocycles. The Morgan fingerprint density at radius 2 is 2.31 bits per heavy atom. The molecule has 0 fully saturated rings. The maximum Gasteiger partial charge on any atom is 0.0754 e. The van der Waals surface area contributed by atoms with Crippen LogP contribution in [0.2, 0.25) is 0 Å². The molecule has 4 nitrogen and oxygen atoms in total. The van der Waals surface area contributed by atoms with Crippen molar-refractivity contribution in [1.82, 2.24) is 14.8 Å². The summed E-state index contributed by atoms with van der Waals surface area (Å²) in [5.41, 5.74) is 3.08. The molecule has 2 aromatic heterocycles. The lowest BCUT2D eigenvalue weighted by atomic mass is 10.2. The quantitative estimate of drug-likeness (QED) is 0.853. The molecule has 0 spiro atoms. The first-order valence-electron chi connectivity index (χ1n) is 5.50. The predicted molar refractivity (Wildman–Crippen MR) is 65.3 cm³/mol. The zero-order valence-corrected chi connectivity index (χ0v) is 9.64. The Hall–Kier alpha value is -1.84. The van der Waals surface area contributed by atoms with Gasteiger partial charge in [0.25, 0.3) is 0 Å². The molecule has 0 unspecified atom stereocenters. The fraction of sp³-hybridized carbons (Fsp3) is 0.333. The van der Waals surface area contributed by atoms with Crippen LogP contribution >= 0.6 is 0 Å². The average molecular weight is 216 g/mol. The van der Waals surface area contributed by atoms with Crippen LogP contribution in [0.3, 0.4) is 0 Å². The fourth-order valence-electron chi connectivity index (χ4n) is 1.59. The van der Waals surface area contributed by atoms with Crippen molar-refractivity contribution in [2.75, 3.05) is 12.4 Å². The third-order valence-electron chi connectivity index (χ3n) is 2.43. The van der Waals surface area contributed by atoms with E-state index in [0.717, 1.165) is 29.9 Å². The average Bonchev–Trinajstić information content (AvgIpc) is 2.78. The minimum atomic E-state index is 0.950. The van der Waals surface area contributed by atoms with Gasteiger partial charge in [0.2, 0.25) is 0 Å². The highest BCUT2D eigenvalue weighted by atomic mass is 15.3. The molecular formula is C12H16N4. The fourth-order valence-corrected chi connectivity index (χ4v) is 1.59. The van der Waals surface area contributed by atoms with E-state index in [-0.39, 0.29) is 0 Å². The first kappa shape index (κ1) is 10.7. The highest BCUT2D eigenvalue weighted by molar-refractivity contribution is 5.62. The molecule has 2 rings (SSSR count). The van der Waals surface area contributed by atoms with Gasteiger partial charge in [-0.05, 0) is 18.6 Å². The van der Waals surface area contributed by atoms with Gasteiger partial charge in [-0.3, -0.25) is 9.67 Å². The summed E-state index contributed by atoms with van der Waals surface area (Å²) < 4.78 is 1.95. The maximum atomic E-state index is 4.34. The van der Waals surface area contributed by atoms with Gasteiger partial charge in [-0.15, -0.1) is 0 Å². The van der Waals surface area contributed by atoms with E-state index in [4.69, 9.17) is 0 Å². The molecule has 16 heavy (non-hydrogen) atoms. The zero-order chi connectivity index (χ0) is 11.4. The molecule has 0 aliphatic rings. The van der Waals surface area contributed by atoms with Crippen LogP contribution in [-0.2, 0) is 6.54 Å². The number of nitrogens with one attached hydrogen (secondary N) is 1. The Bertz CT molecular complexity index is 462. The topological polar surface area (TPSA) is 42.7 Å². The van der Waals surface area contributed by atoms with Gasteiger partial charge in [-0.2, -0.15) is 5.10 Å². The van der Waals surface area contributed by atoms with E-state index in [1.165, 1.54) is 0 Å². The number of rotatable bonds is 4. The molecule has 4 heteroatoms. The monoisotopic (exact) mass is 216 g/mol. The second-order valence-corrected chi connectivity index (χ2v) is 3.67. The number of pyridine rings is 1. The van der Waals surface area contributed by atoms with Crippen LogP contribution in [0, 0.1) is 0 Å². The van der Waals surface area contributed by atoms with E-state index in [1.54, 1.807) is 6.20 Å². The molecule has 0 amide bonds. The molecular weight excluding hydrogens is 200 g/mol. The Balaban J connectivity index is 2.27. The largest absolute Gasteiger partial charge is 0.388 e. The van der Waals surface area contributed by atoms with E-state index < -0.39 is 0 Å². The summed E-state index contributed by atoms with van der Waals surface area (Å²) >= 11 is 0. The normalized spacial score (nSPS) is 10.4. The van der Waals surface area contributed by atoms with Crippen molar-refractivity contribution < 1.29 is 0 Å². The summed E-state index contributed by atoms with van der Waals surface area (Å²) in [5.74, 6) is 0. The van der Waals surface area contributed by atoms with Gasteiger partial charge in [0, 0.05) is 37.2 Å². The van der Waals surface area contributed by atoms with E-state index in [9.17, 15) is 0 Å². The third kappa shape index (κ3) is 2.21. The van der Waals surface area contributed by atoms with Crippen molar-refractivity contribution >= 4 is 5.69 Å². The second-order valence-electron chi connectivity index (χ2n) is 3.67. The van der Waals surface area contributed by atoms with Crippen LogP contribution in [0.15, 0.2) is 30.7 Å². The van der Waals surface area contributed by atoms with Gasteiger partial charge >= 0.3 is 0 Å². The van der Waals surface area contributed by atoms with Gasteiger partial charge < -0.3 is 5.32 Å². The van der Waals surface area contributed by atoms with Gasteiger partial charge in [-0.25, -0.2) is 0 Å². The summed E-state index contributed by atoms with van der Waals surface area (Å²) in [5, 5.41) is 7.40. The molecule has 2 heterocycles. The Morgan fingerprint density at radius 1 is 1.44 bits per heavy atom. The van der Waals surface area contributed by atoms with Crippen molar-refractivity contribution in [2.45, 2.75) is 19.9 Å². The molecule has 84 valence electrons. The smallest absolute Gasteiger partial charge is 0.0754 e. The predicted octanol–water partition coefficient (Wildman–Crippen LogP) is 2.40. The SMILES string of the molecule is CCCn1cc(-c2cc(NC)ccn2)cn1. The van der Waals surface area contributed by atoms with Crippen LogP contribution in [0.5, 0.6) is 0 Å². The van der Waals surface area contributed by atoms with Crippen molar-refractivity contribution in [3.8, 4) is 11.3 Å². The van der Waals surface area contributed by atoms with Crippen LogP contribution in [0.25, 0.3) is 11.3 Å². The summed E-state index contributed by atoms with van der Waals surface area (Å²) in [4.78, 5) is 4.34. The van der Waals surface area contributed by atoms with Crippen LogP contribution in [0.1, 0.15) is 13.3 Å². The van der Waals surface area contributed by atoms with Crippen molar-refractivity contribution in [1.29, 1.82) is 0 Å². The molecule has 0 atom stereocenters. The van der Waals surface area contributed by atoms with Crippen LogP contribution < -0.4 is 5.32 Å². The number of hydrogen-bond acceptors (Lipinski definition) is 3. The Morgan fingerprint density at radius 3 is 3.06 bits per heavy atom. The van der Waals surface area contributed by atoms with Gasteiger partial charge in [-0.1, -0.05) is 6.92 Å². The van der Waals surface area contributed by atoms with Crippen molar-refractivity contribution in [3.63, 3.8) is 0 Å². The Kier molecular flexibility index (Phi) is 3.19. The van der Waals surface area contributed by atoms with Gasteiger partial charge in [0.1, 0.15) is 0 Å². The molecule has 0 radical (unpaired) electrons. The second kappa shape index (κ2) is 4.79. The maximum absolute atomic E-state index is 4.34. The minimum absolute atomic E-state index is 0.950. The number of aryl methyl sites for hydroxylation is 1. The lowest BCUT2D eigenvalue weighted by molar-refractivity contribution is 0.603. The van der Waals surface area contributed by atoms with Gasteiger partial charge in [0.05, 0.1) is 11.9 Å². The summed E-state index contributed by atoms with van der Waals surface area (Å²) in [6.07, 6.45) is 6.78. The molecule has 2 aromatic rings. The molecule has 0 saturated carbocycles. The Labute approximate surface area is 95.3 Å². The summed E-state index contributed by atoms with van der Waals surface area (Å²) in [6, 6.07) is 3.97. The minimum Gasteiger partial charge on any atom is -0.388 e. The highest BCUT2D eigenvalue weighted by Gasteiger charge is 2.03. The number of hydrogen-bond donors (Lipinski definition) is 1. The first-order valence-corrected chi connectivity index (χ1v) is 5.50. The lowest BCUT2D eigenvalue weighted by Crippen LogP contribution is -1.95. The van der Waals surface area contributed by atoms with Gasteiger partial charge in [0.15, 0.2) is 0 Å². The highest BCUT2D eigenvalue weighted by Crippen LogP contribution is 2.19. The van der Waals surface area contributed by atoms with Crippen LogP contribution in [0.4, 0.5) is 5.69 Å². The lowest BCUT2D eigenvalue weighted by Gasteiger charge is -2.01. The first-order chi connectivity index (χ1) is 7.83. The van der Waals surface area contributed by atoms with Crippen LogP contribution in [-0.4, -0.2) is 21.8 Å². The number of anilines is 1. The van der Waals surface area contributed by atoms with E-state index in [0.29, 0.717) is 0 Å². The molecule has 1 N–H and O–H groups in total. The van der Waals surface area contributed by atoms with E-state index in [1.807, 2.05) is 36.3 Å². The standard InChI is InChI=1S/C12H16N4/c1-3-6-16-9-10(8-15-16)12-7-11(13-2)4-5-14-12/h4-5,7-9H,3,6H2,1-2H3,(H,13,14). The molecule has 0 aliphatic heterocycles. The van der Waals surface area contributed by atoms with Crippen molar-refractivity contribution in [2.24, 2.45) is 0 Å².